The van der Waals surface area contributed by atoms with Crippen LogP contribution in [0.4, 0.5) is 0 Å². The summed E-state index contributed by atoms with van der Waals surface area (Å²) >= 11 is 0. The van der Waals surface area contributed by atoms with E-state index in [1.54, 1.807) is 0 Å². The molecule has 3 unspecified atom stereocenters. The fourth-order valence-electron chi connectivity index (χ4n) is 2.44. The molecule has 86 valence electrons. The Morgan fingerprint density at radius 1 is 1.53 bits per heavy atom. The second-order valence-electron chi connectivity index (χ2n) is 4.45. The quantitative estimate of drug-likeness (QED) is 0.676. The predicted molar refractivity (Wildman–Crippen MR) is 52.5 cm³/mol. The molecule has 0 amide bonds. The summed E-state index contributed by atoms with van der Waals surface area (Å²) in [6.45, 7) is 1.87. The minimum Gasteiger partial charge on any atom is -0.480 e. The van der Waals surface area contributed by atoms with Gasteiger partial charge in [0.25, 0.3) is 0 Å². The van der Waals surface area contributed by atoms with Crippen LogP contribution < -0.4 is 5.73 Å². The Kier molecular flexibility index (Phi) is 2.95. The average Bonchev–Trinajstić information content (AvgIpc) is 2.65. The summed E-state index contributed by atoms with van der Waals surface area (Å²) in [5.74, 6) is -0.908. The van der Waals surface area contributed by atoms with Gasteiger partial charge in [0.15, 0.2) is 0 Å². The lowest BCUT2D eigenvalue weighted by atomic mass is 9.81. The highest BCUT2D eigenvalue weighted by Crippen LogP contribution is 2.36. The number of carbonyl (C=O) groups is 1. The molecular formula is C10H17NO4. The molecule has 2 fully saturated rings. The van der Waals surface area contributed by atoms with Crippen molar-refractivity contribution >= 4 is 5.97 Å². The molecule has 2 rings (SSSR count). The maximum Gasteiger partial charge on any atom is 0.320 e. The van der Waals surface area contributed by atoms with Crippen molar-refractivity contribution in [1.82, 2.24) is 0 Å². The molecule has 5 heteroatoms. The van der Waals surface area contributed by atoms with E-state index < -0.39 is 12.0 Å². The summed E-state index contributed by atoms with van der Waals surface area (Å²) in [4.78, 5) is 10.8. The van der Waals surface area contributed by atoms with Crippen LogP contribution in [0.5, 0.6) is 0 Å². The first kappa shape index (κ1) is 10.9. The van der Waals surface area contributed by atoms with E-state index in [2.05, 4.69) is 0 Å². The largest absolute Gasteiger partial charge is 0.480 e. The van der Waals surface area contributed by atoms with Crippen molar-refractivity contribution in [2.24, 2.45) is 11.7 Å². The van der Waals surface area contributed by atoms with Crippen molar-refractivity contribution in [3.05, 3.63) is 0 Å². The first-order chi connectivity index (χ1) is 7.13. The van der Waals surface area contributed by atoms with E-state index in [-0.39, 0.29) is 11.5 Å². The highest BCUT2D eigenvalue weighted by atomic mass is 16.6. The van der Waals surface area contributed by atoms with Crippen LogP contribution in [0, 0.1) is 5.92 Å². The van der Waals surface area contributed by atoms with Crippen LogP contribution in [-0.2, 0) is 14.3 Å². The topological polar surface area (TPSA) is 81.8 Å². The van der Waals surface area contributed by atoms with Crippen molar-refractivity contribution in [2.45, 2.75) is 30.9 Å². The molecule has 0 aromatic rings. The summed E-state index contributed by atoms with van der Waals surface area (Å²) in [6, 6.07) is -0.772. The number of hydrogen-bond donors (Lipinski definition) is 2. The van der Waals surface area contributed by atoms with Gasteiger partial charge < -0.3 is 20.3 Å². The van der Waals surface area contributed by atoms with Gasteiger partial charge in [0.05, 0.1) is 12.2 Å². The van der Waals surface area contributed by atoms with Crippen LogP contribution >= 0.6 is 0 Å². The second kappa shape index (κ2) is 4.08. The summed E-state index contributed by atoms with van der Waals surface area (Å²) in [5, 5.41) is 8.87. The maximum absolute atomic E-state index is 10.8. The lowest BCUT2D eigenvalue weighted by Crippen LogP contribution is -2.48. The van der Waals surface area contributed by atoms with Crippen LogP contribution in [0.2, 0.25) is 0 Å². The van der Waals surface area contributed by atoms with Crippen LogP contribution in [0.3, 0.4) is 0 Å². The minimum absolute atomic E-state index is 0.0120. The van der Waals surface area contributed by atoms with Gasteiger partial charge in [-0.25, -0.2) is 0 Å². The Bertz CT molecular complexity index is 250. The van der Waals surface area contributed by atoms with Gasteiger partial charge in [-0.15, -0.1) is 0 Å². The van der Waals surface area contributed by atoms with E-state index in [1.165, 1.54) is 0 Å². The molecule has 0 aliphatic carbocycles. The highest BCUT2D eigenvalue weighted by Gasteiger charge is 2.43. The van der Waals surface area contributed by atoms with Gasteiger partial charge in [-0.1, -0.05) is 0 Å². The SMILES string of the molecule is NC(C(=O)O)C1CCOC2(CCOC2)C1. The van der Waals surface area contributed by atoms with Crippen molar-refractivity contribution in [3.8, 4) is 0 Å². The van der Waals surface area contributed by atoms with Gasteiger partial charge in [-0.05, 0) is 18.8 Å². The molecule has 2 aliphatic heterocycles. The zero-order chi connectivity index (χ0) is 10.9. The molecule has 0 bridgehead atoms. The first-order valence-electron chi connectivity index (χ1n) is 5.33. The Morgan fingerprint density at radius 3 is 2.93 bits per heavy atom. The second-order valence-corrected chi connectivity index (χ2v) is 4.45. The molecule has 0 radical (unpaired) electrons. The number of carboxylic acid groups (broad SMARTS) is 1. The molecule has 5 nitrogen and oxygen atoms in total. The molecular weight excluding hydrogens is 198 g/mol. The molecule has 2 heterocycles. The Morgan fingerprint density at radius 2 is 2.33 bits per heavy atom. The Labute approximate surface area is 88.5 Å². The number of aliphatic carboxylic acids is 1. The van der Waals surface area contributed by atoms with Gasteiger partial charge in [-0.2, -0.15) is 0 Å². The number of ether oxygens (including phenoxy) is 2. The Balaban J connectivity index is 2.00. The van der Waals surface area contributed by atoms with E-state index in [9.17, 15) is 4.79 Å². The minimum atomic E-state index is -0.920. The van der Waals surface area contributed by atoms with Crippen LogP contribution in [0.15, 0.2) is 0 Å². The molecule has 2 aliphatic rings. The number of rotatable bonds is 2. The molecule has 0 aromatic heterocycles. The summed E-state index contributed by atoms with van der Waals surface area (Å²) in [7, 11) is 0. The van der Waals surface area contributed by atoms with E-state index in [0.717, 1.165) is 12.8 Å². The first-order valence-corrected chi connectivity index (χ1v) is 5.33. The monoisotopic (exact) mass is 215 g/mol. The van der Waals surface area contributed by atoms with Gasteiger partial charge in [0, 0.05) is 19.6 Å². The zero-order valence-corrected chi connectivity index (χ0v) is 8.65. The smallest absolute Gasteiger partial charge is 0.320 e. The molecule has 15 heavy (non-hydrogen) atoms. The molecule has 3 N–H and O–H groups in total. The molecule has 0 saturated carbocycles. The van der Waals surface area contributed by atoms with E-state index in [1.807, 2.05) is 0 Å². The summed E-state index contributed by atoms with van der Waals surface area (Å²) < 4.78 is 11.0. The van der Waals surface area contributed by atoms with E-state index in [0.29, 0.717) is 26.2 Å². The van der Waals surface area contributed by atoms with Gasteiger partial charge in [-0.3, -0.25) is 4.79 Å². The molecule has 0 aromatic carbocycles. The standard InChI is InChI=1S/C10H17NO4/c11-8(9(12)13)7-1-3-15-10(5-7)2-4-14-6-10/h7-8H,1-6,11H2,(H,12,13). The van der Waals surface area contributed by atoms with Crippen LogP contribution in [0.25, 0.3) is 0 Å². The van der Waals surface area contributed by atoms with Crippen molar-refractivity contribution < 1.29 is 19.4 Å². The third kappa shape index (κ3) is 2.14. The average molecular weight is 215 g/mol. The zero-order valence-electron chi connectivity index (χ0n) is 8.65. The predicted octanol–water partition coefficient (Wildman–Crippen LogP) is -0.0160. The van der Waals surface area contributed by atoms with Crippen molar-refractivity contribution in [2.75, 3.05) is 19.8 Å². The fraction of sp³-hybridized carbons (Fsp3) is 0.900. The molecule has 3 atom stereocenters. The van der Waals surface area contributed by atoms with Crippen LogP contribution in [-0.4, -0.2) is 42.5 Å². The highest BCUT2D eigenvalue weighted by molar-refractivity contribution is 5.73. The molecule has 2 saturated heterocycles. The normalized spacial score (nSPS) is 38.1. The lowest BCUT2D eigenvalue weighted by Gasteiger charge is -2.38. The number of nitrogens with two attached hydrogens (primary N) is 1. The number of hydrogen-bond acceptors (Lipinski definition) is 4. The lowest BCUT2D eigenvalue weighted by molar-refractivity contribution is -0.144. The third-order valence-electron chi connectivity index (χ3n) is 3.39. The van der Waals surface area contributed by atoms with E-state index >= 15 is 0 Å². The third-order valence-corrected chi connectivity index (χ3v) is 3.39. The maximum atomic E-state index is 10.8. The number of carboxylic acids is 1. The van der Waals surface area contributed by atoms with Gasteiger partial charge >= 0.3 is 5.97 Å². The summed E-state index contributed by atoms with van der Waals surface area (Å²) in [5.41, 5.74) is 5.39. The van der Waals surface area contributed by atoms with Gasteiger partial charge in [0.2, 0.25) is 0 Å². The van der Waals surface area contributed by atoms with Crippen LogP contribution in [0.1, 0.15) is 19.3 Å². The van der Waals surface area contributed by atoms with E-state index in [4.69, 9.17) is 20.3 Å². The van der Waals surface area contributed by atoms with Crippen molar-refractivity contribution in [1.29, 1.82) is 0 Å². The fourth-order valence-corrected chi connectivity index (χ4v) is 2.44. The summed E-state index contributed by atoms with van der Waals surface area (Å²) in [6.07, 6.45) is 2.30. The van der Waals surface area contributed by atoms with Gasteiger partial charge in [0.1, 0.15) is 6.04 Å². The Hall–Kier alpha value is -0.650. The molecule has 1 spiro atoms. The van der Waals surface area contributed by atoms with Crippen molar-refractivity contribution in [3.63, 3.8) is 0 Å².